The summed E-state index contributed by atoms with van der Waals surface area (Å²) in [6.45, 7) is 0. The Morgan fingerprint density at radius 3 is 0.541 bits per heavy atom. The molecule has 0 aliphatic heterocycles. The van der Waals surface area contributed by atoms with Gasteiger partial charge in [-0.1, -0.05) is 420 Å². The Morgan fingerprint density at radius 1 is 0.211 bits per heavy atom. The van der Waals surface area contributed by atoms with Crippen molar-refractivity contribution in [2.24, 2.45) is 0 Å². The van der Waals surface area contributed by atoms with Crippen molar-refractivity contribution in [3.05, 3.63) is 451 Å². The minimum atomic E-state index is -1.37. The molecule has 2 heterocycles. The van der Waals surface area contributed by atoms with Crippen LogP contribution in [-0.2, 0) is 20.4 Å². The number of aromatic nitrogens is 4. The van der Waals surface area contributed by atoms with Gasteiger partial charge in [-0.25, -0.2) is 19.9 Å². The molecule has 0 amide bonds. The molecule has 0 fully saturated rings. The minimum Gasteiger partial charge on any atom is -0.423 e. The molecule has 0 spiro atoms. The van der Waals surface area contributed by atoms with Crippen LogP contribution >= 0.6 is 79.5 Å². The van der Waals surface area contributed by atoms with Gasteiger partial charge in [0.25, 0.3) is 0 Å². The van der Waals surface area contributed by atoms with Gasteiger partial charge in [-0.15, -0.1) is 0 Å². The van der Waals surface area contributed by atoms with E-state index in [2.05, 4.69) is 432 Å². The SMILES string of the molecule is Nc1ncc(-c2ccc(Br)cc2)cn1.Nc1ncc(Br)cn1.OB(O)c1ccc(Br)cc1.[Pd].c1ccc(P(c2ccccc2)c2ccccc2)cc1.c1ccc(P(c2ccccc2)c2ccccc2)cc1.c1ccc(P(c2ccccc2)c2ccccc2)cc1.c1ccc(P(c2ccccc2)c2ccccc2)cc1. The molecule has 2 aromatic heterocycles. The Kier molecular flexibility index (Phi) is 36.0. The first kappa shape index (κ1) is 83.7. The normalized spacial score (nSPS) is 10.2. The summed E-state index contributed by atoms with van der Waals surface area (Å²) < 4.78 is 2.82. The van der Waals surface area contributed by atoms with Gasteiger partial charge in [0.15, 0.2) is 0 Å². The molecule has 14 aromatic carbocycles. The predicted molar refractivity (Wildman–Crippen MR) is 478 cm³/mol. The second-order valence-electron chi connectivity index (χ2n) is 23.4. The molecule has 0 saturated heterocycles. The van der Waals surface area contributed by atoms with E-state index in [0.29, 0.717) is 17.4 Å². The van der Waals surface area contributed by atoms with Crippen LogP contribution in [0.3, 0.4) is 0 Å². The zero-order valence-electron chi connectivity index (χ0n) is 59.2. The van der Waals surface area contributed by atoms with Crippen LogP contribution in [0, 0.1) is 0 Å². The molecule has 542 valence electrons. The van der Waals surface area contributed by atoms with Gasteiger partial charge in [-0.05, 0) is 147 Å². The summed E-state index contributed by atoms with van der Waals surface area (Å²) >= 11 is 9.77. The zero-order chi connectivity index (χ0) is 75.2. The average molecular weight is 1780 g/mol. The van der Waals surface area contributed by atoms with Crippen molar-refractivity contribution in [3.63, 3.8) is 0 Å². The largest absolute Gasteiger partial charge is 0.488 e. The van der Waals surface area contributed by atoms with Crippen LogP contribution in [0.5, 0.6) is 0 Å². The number of nitrogen functional groups attached to an aromatic ring is 2. The molecule has 109 heavy (non-hydrogen) atoms. The van der Waals surface area contributed by atoms with Crippen LogP contribution in [0.1, 0.15) is 0 Å². The number of hydrogen-bond donors (Lipinski definition) is 4. The van der Waals surface area contributed by atoms with Gasteiger partial charge in [0.05, 0.1) is 4.47 Å². The van der Waals surface area contributed by atoms with Gasteiger partial charge in [-0.2, -0.15) is 0 Å². The Hall–Kier alpha value is -9.35. The Morgan fingerprint density at radius 2 is 0.376 bits per heavy atom. The first-order valence-corrected chi connectivity index (χ1v) is 42.3. The van der Waals surface area contributed by atoms with E-state index >= 15 is 0 Å². The fraction of sp³-hybridized carbons (Fsp3) is 0. The van der Waals surface area contributed by atoms with Crippen LogP contribution < -0.4 is 80.6 Å². The summed E-state index contributed by atoms with van der Waals surface area (Å²) in [6, 6.07) is 144. The number of rotatable bonds is 14. The van der Waals surface area contributed by atoms with Crippen molar-refractivity contribution in [3.8, 4) is 11.1 Å². The predicted octanol–water partition coefficient (Wildman–Crippen LogP) is 17.2. The van der Waals surface area contributed by atoms with Crippen molar-refractivity contribution < 1.29 is 30.5 Å². The molecule has 0 aliphatic carbocycles. The Bertz CT molecular complexity index is 4180. The maximum atomic E-state index is 8.65. The second-order valence-corrected chi connectivity index (χ2v) is 35.0. The minimum absolute atomic E-state index is 0. The molecule has 16 rings (SSSR count). The van der Waals surface area contributed by atoms with Crippen molar-refractivity contribution >= 4 is 168 Å². The van der Waals surface area contributed by atoms with Crippen LogP contribution in [0.4, 0.5) is 11.9 Å². The molecule has 0 atom stereocenters. The summed E-state index contributed by atoms with van der Waals surface area (Å²) in [5.74, 6) is 0.596. The number of benzene rings is 14. The molecule has 0 radical (unpaired) electrons. The maximum absolute atomic E-state index is 8.65. The smallest absolute Gasteiger partial charge is 0.423 e. The molecule has 0 bridgehead atoms. The molecule has 0 aliphatic rings. The average Bonchev–Trinajstić information content (AvgIpc) is 0.836. The zero-order valence-corrected chi connectivity index (χ0v) is 69.1. The molecule has 0 saturated carbocycles. The van der Waals surface area contributed by atoms with Gasteiger partial charge >= 0.3 is 7.12 Å². The molecule has 6 N–H and O–H groups in total. The van der Waals surface area contributed by atoms with Crippen LogP contribution in [0.2, 0.25) is 0 Å². The first-order chi connectivity index (χ1) is 53.0. The number of hydrogen-bond acceptors (Lipinski definition) is 8. The van der Waals surface area contributed by atoms with E-state index in [1.54, 1.807) is 49.1 Å². The third kappa shape index (κ3) is 27.6. The van der Waals surface area contributed by atoms with Crippen molar-refractivity contribution in [2.75, 3.05) is 11.5 Å². The van der Waals surface area contributed by atoms with Gasteiger partial charge in [0.2, 0.25) is 11.9 Å². The monoisotopic (exact) mass is 1780 g/mol. The number of nitrogens with zero attached hydrogens (tertiary/aromatic N) is 4. The summed E-state index contributed by atoms with van der Waals surface area (Å²) in [5.41, 5.74) is 13.1. The summed E-state index contributed by atoms with van der Waals surface area (Å²) in [5, 5.41) is 34.1. The molecular formula is C92H78BBr3N6O2P4Pd. The van der Waals surface area contributed by atoms with Crippen LogP contribution in [0.15, 0.2) is 451 Å². The van der Waals surface area contributed by atoms with Crippen molar-refractivity contribution in [2.45, 2.75) is 0 Å². The number of nitrogens with two attached hydrogens (primary N) is 2. The first-order valence-electron chi connectivity index (χ1n) is 34.5. The summed E-state index contributed by atoms with van der Waals surface area (Å²) in [7, 11) is -3.15. The third-order valence-corrected chi connectivity index (χ3v) is 27.1. The van der Waals surface area contributed by atoms with E-state index in [-0.39, 0.29) is 20.4 Å². The Balaban J connectivity index is 0.000000149. The molecule has 8 nitrogen and oxygen atoms in total. The molecule has 0 unspecified atom stereocenters. The van der Waals surface area contributed by atoms with E-state index in [1.807, 2.05) is 24.3 Å². The molecule has 17 heteroatoms. The van der Waals surface area contributed by atoms with Gasteiger partial charge in [-0.3, -0.25) is 0 Å². The maximum Gasteiger partial charge on any atom is 0.488 e. The van der Waals surface area contributed by atoms with E-state index in [9.17, 15) is 0 Å². The number of anilines is 2. The number of halogens is 3. The van der Waals surface area contributed by atoms with E-state index < -0.39 is 38.8 Å². The molecular weight excluding hydrogens is 1700 g/mol. The van der Waals surface area contributed by atoms with Crippen molar-refractivity contribution in [1.29, 1.82) is 0 Å². The molecule has 16 aromatic rings. The third-order valence-electron chi connectivity index (χ3n) is 15.8. The van der Waals surface area contributed by atoms with Crippen LogP contribution in [0.25, 0.3) is 11.1 Å². The fourth-order valence-corrected chi connectivity index (χ4v) is 20.8. The van der Waals surface area contributed by atoms with Crippen LogP contribution in [-0.4, -0.2) is 37.1 Å². The summed E-state index contributed by atoms with van der Waals surface area (Å²) in [6.07, 6.45) is 6.63. The summed E-state index contributed by atoms with van der Waals surface area (Å²) in [4.78, 5) is 15.3. The van der Waals surface area contributed by atoms with Gasteiger partial charge in [0, 0.05) is 59.7 Å². The van der Waals surface area contributed by atoms with E-state index in [0.717, 1.165) is 24.5 Å². The second kappa shape index (κ2) is 46.9. The Labute approximate surface area is 685 Å². The van der Waals surface area contributed by atoms with Crippen molar-refractivity contribution in [1.82, 2.24) is 19.9 Å². The standard InChI is InChI=1S/4C18H15P.C10H8BrN3.C6H6BBrO2.C4H4BrN3.Pd/c4*1-4-10-16(11-5-1)19(17-12-6-2-7-13-17)18-14-8-3-9-15-18;11-9-3-1-7(2-4-9)8-5-13-10(12)14-6-8;8-6-3-1-5(2-4-6)7(9)10;5-3-1-7-4(6)8-2-3;/h4*1-15H;1-6H,(H2,12,13,14);1-4,9-10H;1-2H,(H2,6,7,8);. The fourth-order valence-electron chi connectivity index (χ4n) is 10.8. The van der Waals surface area contributed by atoms with Gasteiger partial charge < -0.3 is 21.5 Å². The van der Waals surface area contributed by atoms with Gasteiger partial charge in [0.1, 0.15) is 0 Å². The van der Waals surface area contributed by atoms with E-state index in [1.165, 1.54) is 63.7 Å². The van der Waals surface area contributed by atoms with E-state index in [4.69, 9.17) is 21.5 Å². The quantitative estimate of drug-likeness (QED) is 0.0622. The topological polar surface area (TPSA) is 144 Å².